The summed E-state index contributed by atoms with van der Waals surface area (Å²) >= 11 is 0. The van der Waals surface area contributed by atoms with Crippen LogP contribution in [0, 0.1) is 5.92 Å². The number of benzene rings is 1. The van der Waals surface area contributed by atoms with Gasteiger partial charge in [0.05, 0.1) is 24.1 Å². The highest BCUT2D eigenvalue weighted by Gasteiger charge is 2.19. The molecule has 0 saturated heterocycles. The molecular formula is C19H22N2O3. The van der Waals surface area contributed by atoms with E-state index < -0.39 is 0 Å². The van der Waals surface area contributed by atoms with Gasteiger partial charge in [-0.25, -0.2) is 0 Å². The van der Waals surface area contributed by atoms with Crippen molar-refractivity contribution in [1.29, 1.82) is 0 Å². The molecule has 0 atom stereocenters. The standard InChI is InChI=1S/C19H22N2O3/c22-18(12-14-6-1-2-7-14)21-17-10-4-3-9-16(17)19(23)20-13-15-8-5-11-24-15/h3-5,8-11,14H,1-2,6-7,12-13H2,(H,20,23)(H,21,22). The second-order valence-corrected chi connectivity index (χ2v) is 6.21. The third-order valence-electron chi connectivity index (χ3n) is 4.40. The Morgan fingerprint density at radius 2 is 1.88 bits per heavy atom. The lowest BCUT2D eigenvalue weighted by atomic mass is 10.0. The molecule has 1 heterocycles. The highest BCUT2D eigenvalue weighted by Crippen LogP contribution is 2.28. The van der Waals surface area contributed by atoms with Gasteiger partial charge in [0.2, 0.25) is 5.91 Å². The van der Waals surface area contributed by atoms with Gasteiger partial charge in [0.15, 0.2) is 0 Å². The first-order valence-corrected chi connectivity index (χ1v) is 8.42. The summed E-state index contributed by atoms with van der Waals surface area (Å²) in [4.78, 5) is 24.6. The first-order chi connectivity index (χ1) is 11.7. The Morgan fingerprint density at radius 1 is 1.08 bits per heavy atom. The van der Waals surface area contributed by atoms with Gasteiger partial charge in [0.1, 0.15) is 5.76 Å². The topological polar surface area (TPSA) is 71.3 Å². The molecule has 2 N–H and O–H groups in total. The van der Waals surface area contributed by atoms with Crippen molar-refractivity contribution >= 4 is 17.5 Å². The quantitative estimate of drug-likeness (QED) is 0.849. The van der Waals surface area contributed by atoms with Crippen LogP contribution in [0.25, 0.3) is 0 Å². The molecule has 1 fully saturated rings. The average molecular weight is 326 g/mol. The lowest BCUT2D eigenvalue weighted by Gasteiger charge is -2.13. The van der Waals surface area contributed by atoms with E-state index in [1.54, 1.807) is 36.6 Å². The SMILES string of the molecule is O=C(CC1CCCC1)Nc1ccccc1C(=O)NCc1ccco1. The molecule has 1 saturated carbocycles. The maximum Gasteiger partial charge on any atom is 0.253 e. The van der Waals surface area contributed by atoms with Crippen LogP contribution in [0.4, 0.5) is 5.69 Å². The fourth-order valence-corrected chi connectivity index (χ4v) is 3.14. The molecule has 3 rings (SSSR count). The Bertz CT molecular complexity index is 688. The van der Waals surface area contributed by atoms with Gasteiger partial charge < -0.3 is 15.1 Å². The maximum atomic E-state index is 12.4. The van der Waals surface area contributed by atoms with Gasteiger partial charge in [0.25, 0.3) is 5.91 Å². The minimum atomic E-state index is -0.233. The summed E-state index contributed by atoms with van der Waals surface area (Å²) in [5.74, 6) is 0.910. The molecule has 126 valence electrons. The van der Waals surface area contributed by atoms with Crippen LogP contribution in [0.3, 0.4) is 0 Å². The number of carbonyl (C=O) groups excluding carboxylic acids is 2. The van der Waals surface area contributed by atoms with Crippen LogP contribution in [-0.4, -0.2) is 11.8 Å². The number of carbonyl (C=O) groups is 2. The number of anilines is 1. The predicted molar refractivity (Wildman–Crippen MR) is 91.5 cm³/mol. The molecular weight excluding hydrogens is 304 g/mol. The molecule has 0 bridgehead atoms. The minimum Gasteiger partial charge on any atom is -0.467 e. The fraction of sp³-hybridized carbons (Fsp3) is 0.368. The monoisotopic (exact) mass is 326 g/mol. The second-order valence-electron chi connectivity index (χ2n) is 6.21. The van der Waals surface area contributed by atoms with Gasteiger partial charge in [-0.15, -0.1) is 0 Å². The lowest BCUT2D eigenvalue weighted by Crippen LogP contribution is -2.25. The van der Waals surface area contributed by atoms with E-state index in [1.807, 2.05) is 6.07 Å². The van der Waals surface area contributed by atoms with Crippen LogP contribution in [0.1, 0.15) is 48.2 Å². The van der Waals surface area contributed by atoms with E-state index in [0.717, 1.165) is 12.8 Å². The third kappa shape index (κ3) is 4.25. The van der Waals surface area contributed by atoms with Crippen molar-refractivity contribution in [1.82, 2.24) is 5.32 Å². The van der Waals surface area contributed by atoms with Crippen LogP contribution in [-0.2, 0) is 11.3 Å². The molecule has 0 unspecified atom stereocenters. The van der Waals surface area contributed by atoms with E-state index in [2.05, 4.69) is 10.6 Å². The summed E-state index contributed by atoms with van der Waals surface area (Å²) in [5.41, 5.74) is 1.02. The van der Waals surface area contributed by atoms with Crippen LogP contribution in [0.5, 0.6) is 0 Å². The molecule has 1 aliphatic rings. The smallest absolute Gasteiger partial charge is 0.253 e. The Labute approximate surface area is 141 Å². The third-order valence-corrected chi connectivity index (χ3v) is 4.40. The zero-order valence-electron chi connectivity index (χ0n) is 13.6. The van der Waals surface area contributed by atoms with Gasteiger partial charge in [-0.1, -0.05) is 25.0 Å². The number of para-hydroxylation sites is 1. The summed E-state index contributed by atoms with van der Waals surface area (Å²) in [6.45, 7) is 0.316. The number of nitrogens with one attached hydrogen (secondary N) is 2. The molecule has 2 aromatic rings. The summed E-state index contributed by atoms with van der Waals surface area (Å²) in [6, 6.07) is 10.6. The van der Waals surface area contributed by atoms with E-state index in [1.165, 1.54) is 12.8 Å². The van der Waals surface area contributed by atoms with Gasteiger partial charge in [-0.05, 0) is 43.0 Å². The van der Waals surface area contributed by atoms with Crippen molar-refractivity contribution in [2.75, 3.05) is 5.32 Å². The van der Waals surface area contributed by atoms with Gasteiger partial charge in [-0.2, -0.15) is 0 Å². The summed E-state index contributed by atoms with van der Waals surface area (Å²) < 4.78 is 5.20. The largest absolute Gasteiger partial charge is 0.467 e. The Balaban J connectivity index is 1.61. The van der Waals surface area contributed by atoms with Gasteiger partial charge >= 0.3 is 0 Å². The van der Waals surface area contributed by atoms with Gasteiger partial charge in [-0.3, -0.25) is 9.59 Å². The lowest BCUT2D eigenvalue weighted by molar-refractivity contribution is -0.117. The van der Waals surface area contributed by atoms with Crippen LogP contribution < -0.4 is 10.6 Å². The Kier molecular flexibility index (Phi) is 5.31. The highest BCUT2D eigenvalue weighted by molar-refractivity contribution is 6.03. The molecule has 0 aliphatic heterocycles. The molecule has 1 aromatic heterocycles. The fourth-order valence-electron chi connectivity index (χ4n) is 3.14. The number of hydrogen-bond donors (Lipinski definition) is 2. The summed E-state index contributed by atoms with van der Waals surface area (Å²) in [6.07, 6.45) is 6.77. The molecule has 5 heteroatoms. The molecule has 24 heavy (non-hydrogen) atoms. The van der Waals surface area contributed by atoms with Crippen LogP contribution in [0.15, 0.2) is 47.1 Å². The van der Waals surface area contributed by atoms with Crippen molar-refractivity contribution in [3.8, 4) is 0 Å². The zero-order valence-corrected chi connectivity index (χ0v) is 13.6. The molecule has 2 amide bonds. The minimum absolute atomic E-state index is 0.0202. The van der Waals surface area contributed by atoms with E-state index >= 15 is 0 Å². The van der Waals surface area contributed by atoms with E-state index in [4.69, 9.17) is 4.42 Å². The van der Waals surface area contributed by atoms with Crippen LogP contribution in [0.2, 0.25) is 0 Å². The van der Waals surface area contributed by atoms with Crippen molar-refractivity contribution in [3.63, 3.8) is 0 Å². The summed E-state index contributed by atoms with van der Waals surface area (Å²) in [5, 5.41) is 5.69. The van der Waals surface area contributed by atoms with E-state index in [9.17, 15) is 9.59 Å². The van der Waals surface area contributed by atoms with Crippen molar-refractivity contribution < 1.29 is 14.0 Å². The predicted octanol–water partition coefficient (Wildman–Crippen LogP) is 3.73. The van der Waals surface area contributed by atoms with E-state index in [-0.39, 0.29) is 11.8 Å². The van der Waals surface area contributed by atoms with E-state index in [0.29, 0.717) is 35.9 Å². The first kappa shape index (κ1) is 16.3. The average Bonchev–Trinajstić information content (AvgIpc) is 3.26. The number of furan rings is 1. The normalized spacial score (nSPS) is 14.5. The van der Waals surface area contributed by atoms with Crippen molar-refractivity contribution in [2.24, 2.45) is 5.92 Å². The van der Waals surface area contributed by atoms with Crippen LogP contribution >= 0.6 is 0 Å². The molecule has 1 aromatic carbocycles. The number of rotatable bonds is 6. The second kappa shape index (κ2) is 7.81. The highest BCUT2D eigenvalue weighted by atomic mass is 16.3. The first-order valence-electron chi connectivity index (χ1n) is 8.42. The Morgan fingerprint density at radius 3 is 2.62 bits per heavy atom. The Hall–Kier alpha value is -2.56. The number of amides is 2. The molecule has 1 aliphatic carbocycles. The zero-order chi connectivity index (χ0) is 16.8. The molecule has 0 radical (unpaired) electrons. The van der Waals surface area contributed by atoms with Crippen molar-refractivity contribution in [2.45, 2.75) is 38.6 Å². The summed E-state index contributed by atoms with van der Waals surface area (Å²) in [7, 11) is 0. The number of hydrogen-bond acceptors (Lipinski definition) is 3. The molecule has 0 spiro atoms. The van der Waals surface area contributed by atoms with Gasteiger partial charge in [0, 0.05) is 6.42 Å². The molecule has 5 nitrogen and oxygen atoms in total. The van der Waals surface area contributed by atoms with Crippen molar-refractivity contribution in [3.05, 3.63) is 54.0 Å². The maximum absolute atomic E-state index is 12.4.